The fraction of sp³-hybridized carbons (Fsp3) is 0.500. The molecule has 0 aliphatic heterocycles. The van der Waals surface area contributed by atoms with E-state index in [0.717, 1.165) is 30.2 Å². The van der Waals surface area contributed by atoms with Crippen molar-refractivity contribution < 1.29 is 0 Å². The van der Waals surface area contributed by atoms with Gasteiger partial charge >= 0.3 is 0 Å². The molecule has 0 spiro atoms. The van der Waals surface area contributed by atoms with Gasteiger partial charge < -0.3 is 5.32 Å². The van der Waals surface area contributed by atoms with Crippen LogP contribution in [-0.4, -0.2) is 15.6 Å². The van der Waals surface area contributed by atoms with Crippen molar-refractivity contribution in [3.05, 3.63) is 48.0 Å². The van der Waals surface area contributed by atoms with Crippen LogP contribution in [0.2, 0.25) is 0 Å². The molecule has 0 amide bonds. The number of para-hydroxylation sites is 1. The number of imidazole rings is 1. The van der Waals surface area contributed by atoms with Crippen LogP contribution >= 0.6 is 0 Å². The zero-order valence-electron chi connectivity index (χ0n) is 12.6. The summed E-state index contributed by atoms with van der Waals surface area (Å²) in [4.78, 5) is 4.51. The summed E-state index contributed by atoms with van der Waals surface area (Å²) in [5, 5.41) is 3.79. The van der Waals surface area contributed by atoms with Crippen LogP contribution in [0.15, 0.2) is 36.5 Å². The third-order valence-electron chi connectivity index (χ3n) is 5.31. The molecule has 3 heteroatoms. The SMILES string of the molecule is Cc1ncc(CNC2CC3CCC2C3)n1-c1ccccc1. The van der Waals surface area contributed by atoms with Crippen molar-refractivity contribution in [2.45, 2.75) is 45.2 Å². The fourth-order valence-corrected chi connectivity index (χ4v) is 4.28. The molecule has 0 saturated heterocycles. The smallest absolute Gasteiger partial charge is 0.110 e. The van der Waals surface area contributed by atoms with Gasteiger partial charge in [0, 0.05) is 18.3 Å². The molecule has 2 aliphatic rings. The molecule has 2 aromatic rings. The Morgan fingerprint density at radius 3 is 2.76 bits per heavy atom. The van der Waals surface area contributed by atoms with Crippen LogP contribution in [0.5, 0.6) is 0 Å². The predicted molar refractivity (Wildman–Crippen MR) is 84.4 cm³/mol. The molecule has 4 rings (SSSR count). The zero-order chi connectivity index (χ0) is 14.2. The molecule has 3 atom stereocenters. The van der Waals surface area contributed by atoms with Crippen LogP contribution in [0, 0.1) is 18.8 Å². The minimum atomic E-state index is 0.725. The van der Waals surface area contributed by atoms with Crippen LogP contribution in [0.25, 0.3) is 5.69 Å². The number of benzene rings is 1. The molecular formula is C18H23N3. The summed E-state index contributed by atoms with van der Waals surface area (Å²) in [6.07, 6.45) is 7.74. The van der Waals surface area contributed by atoms with Crippen LogP contribution < -0.4 is 5.32 Å². The molecule has 1 aromatic carbocycles. The number of rotatable bonds is 4. The summed E-state index contributed by atoms with van der Waals surface area (Å²) in [6, 6.07) is 11.3. The third-order valence-corrected chi connectivity index (χ3v) is 5.31. The first-order valence-corrected chi connectivity index (χ1v) is 8.13. The van der Waals surface area contributed by atoms with Crippen molar-refractivity contribution in [3.8, 4) is 5.69 Å². The largest absolute Gasteiger partial charge is 0.308 e. The van der Waals surface area contributed by atoms with E-state index in [0.29, 0.717) is 0 Å². The Balaban J connectivity index is 1.51. The van der Waals surface area contributed by atoms with Gasteiger partial charge in [0.2, 0.25) is 0 Å². The topological polar surface area (TPSA) is 29.9 Å². The van der Waals surface area contributed by atoms with Gasteiger partial charge in [-0.1, -0.05) is 24.6 Å². The highest BCUT2D eigenvalue weighted by molar-refractivity contribution is 5.35. The van der Waals surface area contributed by atoms with E-state index in [4.69, 9.17) is 0 Å². The van der Waals surface area contributed by atoms with Crippen LogP contribution in [0.4, 0.5) is 0 Å². The van der Waals surface area contributed by atoms with Gasteiger partial charge in [-0.15, -0.1) is 0 Å². The van der Waals surface area contributed by atoms with E-state index in [1.165, 1.54) is 37.1 Å². The minimum absolute atomic E-state index is 0.725. The van der Waals surface area contributed by atoms with Crippen molar-refractivity contribution >= 4 is 0 Å². The van der Waals surface area contributed by atoms with Gasteiger partial charge in [0.15, 0.2) is 0 Å². The van der Waals surface area contributed by atoms with Gasteiger partial charge in [-0.05, 0) is 50.2 Å². The molecule has 3 unspecified atom stereocenters. The highest BCUT2D eigenvalue weighted by atomic mass is 15.1. The van der Waals surface area contributed by atoms with Crippen molar-refractivity contribution in [3.63, 3.8) is 0 Å². The number of nitrogens with one attached hydrogen (secondary N) is 1. The molecule has 21 heavy (non-hydrogen) atoms. The lowest BCUT2D eigenvalue weighted by Crippen LogP contribution is -2.33. The Morgan fingerprint density at radius 2 is 2.05 bits per heavy atom. The molecule has 3 nitrogen and oxygen atoms in total. The highest BCUT2D eigenvalue weighted by Crippen LogP contribution is 2.44. The summed E-state index contributed by atoms with van der Waals surface area (Å²) < 4.78 is 2.26. The molecule has 110 valence electrons. The number of aromatic nitrogens is 2. The van der Waals surface area contributed by atoms with Gasteiger partial charge in [-0.2, -0.15) is 0 Å². The average Bonchev–Trinajstić information content (AvgIpc) is 3.21. The van der Waals surface area contributed by atoms with Gasteiger partial charge in [-0.3, -0.25) is 4.57 Å². The molecule has 1 N–H and O–H groups in total. The average molecular weight is 281 g/mol. The number of nitrogens with zero attached hydrogens (tertiary/aromatic N) is 2. The Labute approximate surface area is 126 Å². The van der Waals surface area contributed by atoms with E-state index in [9.17, 15) is 0 Å². The van der Waals surface area contributed by atoms with E-state index < -0.39 is 0 Å². The second kappa shape index (κ2) is 5.30. The molecule has 1 aromatic heterocycles. The maximum absolute atomic E-state index is 4.51. The lowest BCUT2D eigenvalue weighted by molar-refractivity contribution is 0.349. The molecule has 2 bridgehead atoms. The maximum atomic E-state index is 4.51. The number of aryl methyl sites for hydroxylation is 1. The summed E-state index contributed by atoms with van der Waals surface area (Å²) in [5.74, 6) is 2.98. The first-order chi connectivity index (χ1) is 10.3. The summed E-state index contributed by atoms with van der Waals surface area (Å²) in [5.41, 5.74) is 2.47. The molecule has 0 radical (unpaired) electrons. The minimum Gasteiger partial charge on any atom is -0.308 e. The van der Waals surface area contributed by atoms with Crippen molar-refractivity contribution in [2.24, 2.45) is 11.8 Å². The van der Waals surface area contributed by atoms with E-state index in [1.807, 2.05) is 6.20 Å². The number of hydrogen-bond donors (Lipinski definition) is 1. The second-order valence-corrected chi connectivity index (χ2v) is 6.63. The Hall–Kier alpha value is -1.61. The quantitative estimate of drug-likeness (QED) is 0.930. The second-order valence-electron chi connectivity index (χ2n) is 6.63. The molecule has 2 aliphatic carbocycles. The monoisotopic (exact) mass is 281 g/mol. The Bertz CT molecular complexity index is 617. The van der Waals surface area contributed by atoms with E-state index in [2.05, 4.69) is 52.1 Å². The first kappa shape index (κ1) is 13.1. The van der Waals surface area contributed by atoms with Gasteiger partial charge in [0.25, 0.3) is 0 Å². The first-order valence-electron chi connectivity index (χ1n) is 8.13. The molecule has 2 saturated carbocycles. The van der Waals surface area contributed by atoms with Crippen molar-refractivity contribution in [1.82, 2.24) is 14.9 Å². The van der Waals surface area contributed by atoms with E-state index in [-0.39, 0.29) is 0 Å². The van der Waals surface area contributed by atoms with E-state index >= 15 is 0 Å². The van der Waals surface area contributed by atoms with Crippen molar-refractivity contribution in [1.29, 1.82) is 0 Å². The zero-order valence-corrected chi connectivity index (χ0v) is 12.6. The van der Waals surface area contributed by atoms with E-state index in [1.54, 1.807) is 0 Å². The summed E-state index contributed by atoms with van der Waals surface area (Å²) in [7, 11) is 0. The maximum Gasteiger partial charge on any atom is 0.110 e. The van der Waals surface area contributed by atoms with Gasteiger partial charge in [-0.25, -0.2) is 4.98 Å². The fourth-order valence-electron chi connectivity index (χ4n) is 4.28. The lowest BCUT2D eigenvalue weighted by Gasteiger charge is -2.23. The molecule has 1 heterocycles. The lowest BCUT2D eigenvalue weighted by atomic mass is 9.95. The standard InChI is InChI=1S/C18H23N3/c1-13-19-11-17(21(13)16-5-3-2-4-6-16)12-20-18-10-14-7-8-15(18)9-14/h2-6,11,14-15,18,20H,7-10,12H2,1H3. The van der Waals surface area contributed by atoms with Gasteiger partial charge in [0.1, 0.15) is 5.82 Å². The summed E-state index contributed by atoms with van der Waals surface area (Å²) >= 11 is 0. The number of hydrogen-bond acceptors (Lipinski definition) is 2. The number of fused-ring (bicyclic) bond motifs is 2. The predicted octanol–water partition coefficient (Wildman–Crippen LogP) is 3.46. The normalized spacial score (nSPS) is 27.4. The Kier molecular flexibility index (Phi) is 3.30. The van der Waals surface area contributed by atoms with Gasteiger partial charge in [0.05, 0.1) is 11.9 Å². The highest BCUT2D eigenvalue weighted by Gasteiger charge is 2.39. The third kappa shape index (κ3) is 2.40. The summed E-state index contributed by atoms with van der Waals surface area (Å²) in [6.45, 7) is 3.00. The molecule has 2 fully saturated rings. The van der Waals surface area contributed by atoms with Crippen LogP contribution in [-0.2, 0) is 6.54 Å². The van der Waals surface area contributed by atoms with Crippen LogP contribution in [0.3, 0.4) is 0 Å². The van der Waals surface area contributed by atoms with Crippen molar-refractivity contribution in [2.75, 3.05) is 0 Å². The van der Waals surface area contributed by atoms with Crippen LogP contribution in [0.1, 0.15) is 37.2 Å². The molecular weight excluding hydrogens is 258 g/mol. The Morgan fingerprint density at radius 1 is 1.19 bits per heavy atom.